The highest BCUT2D eigenvalue weighted by molar-refractivity contribution is 7.98. The van der Waals surface area contributed by atoms with Crippen LogP contribution < -0.4 is 5.73 Å². The van der Waals surface area contributed by atoms with Crippen molar-refractivity contribution in [3.05, 3.63) is 38.9 Å². The van der Waals surface area contributed by atoms with E-state index in [1.54, 1.807) is 23.9 Å². The first-order valence-corrected chi connectivity index (χ1v) is 6.30. The van der Waals surface area contributed by atoms with E-state index in [1.807, 2.05) is 6.92 Å². The van der Waals surface area contributed by atoms with Crippen LogP contribution in [0.15, 0.2) is 18.2 Å². The molecule has 1 rings (SSSR count). The first-order chi connectivity index (χ1) is 7.52. The molecule has 6 heteroatoms. The highest BCUT2D eigenvalue weighted by atomic mass is 35.5. The second-order valence-corrected chi connectivity index (χ2v) is 4.92. The summed E-state index contributed by atoms with van der Waals surface area (Å²) in [5.41, 5.74) is 6.25. The minimum absolute atomic E-state index is 0.0738. The fraction of sp³-hybridized carbons (Fsp3) is 0.400. The van der Waals surface area contributed by atoms with Gasteiger partial charge in [0, 0.05) is 23.6 Å². The maximum absolute atomic E-state index is 10.8. The highest BCUT2D eigenvalue weighted by Crippen LogP contribution is 2.29. The Kier molecular flexibility index (Phi) is 5.05. The number of hydrogen-bond acceptors (Lipinski definition) is 4. The number of hydrogen-bond donors (Lipinski definition) is 1. The summed E-state index contributed by atoms with van der Waals surface area (Å²) in [6.45, 7) is 1.90. The molecule has 0 fully saturated rings. The van der Waals surface area contributed by atoms with Gasteiger partial charge in [-0.15, -0.1) is 0 Å². The third-order valence-electron chi connectivity index (χ3n) is 1.92. The van der Waals surface area contributed by atoms with Crippen molar-refractivity contribution >= 4 is 29.1 Å². The molecule has 1 aromatic carbocycles. The molecular formula is C10H13ClN2O2S. The molecule has 0 aliphatic rings. The summed E-state index contributed by atoms with van der Waals surface area (Å²) < 4.78 is 0. The molecule has 0 aromatic heterocycles. The molecule has 0 saturated heterocycles. The van der Waals surface area contributed by atoms with Crippen LogP contribution in [0.4, 0.5) is 5.69 Å². The van der Waals surface area contributed by atoms with E-state index in [2.05, 4.69) is 0 Å². The SMILES string of the molecule is CC(N)CSCc1c(Cl)cccc1[N+](=O)[O-]. The van der Waals surface area contributed by atoms with E-state index in [1.165, 1.54) is 6.07 Å². The number of thioether (sulfide) groups is 1. The Labute approximate surface area is 103 Å². The molecule has 0 aliphatic carbocycles. The molecule has 0 saturated carbocycles. The van der Waals surface area contributed by atoms with Gasteiger partial charge < -0.3 is 5.73 Å². The van der Waals surface area contributed by atoms with Gasteiger partial charge in [0.05, 0.1) is 15.5 Å². The van der Waals surface area contributed by atoms with Crippen LogP contribution in [0.5, 0.6) is 0 Å². The maximum atomic E-state index is 10.8. The highest BCUT2D eigenvalue weighted by Gasteiger charge is 2.16. The molecule has 0 amide bonds. The molecule has 0 spiro atoms. The van der Waals surface area contributed by atoms with Crippen LogP contribution >= 0.6 is 23.4 Å². The van der Waals surface area contributed by atoms with Gasteiger partial charge in [-0.3, -0.25) is 10.1 Å². The number of nitrogens with zero attached hydrogens (tertiary/aromatic N) is 1. The Bertz CT molecular complexity index is 385. The normalized spacial score (nSPS) is 12.4. The van der Waals surface area contributed by atoms with Crippen molar-refractivity contribution < 1.29 is 4.92 Å². The van der Waals surface area contributed by atoms with Crippen molar-refractivity contribution in [2.24, 2.45) is 5.73 Å². The average molecular weight is 261 g/mol. The molecule has 0 radical (unpaired) electrons. The van der Waals surface area contributed by atoms with Gasteiger partial charge >= 0.3 is 0 Å². The summed E-state index contributed by atoms with van der Waals surface area (Å²) in [7, 11) is 0. The molecule has 4 nitrogen and oxygen atoms in total. The van der Waals surface area contributed by atoms with Crippen LogP contribution in [0.3, 0.4) is 0 Å². The molecule has 0 heterocycles. The Balaban J connectivity index is 2.80. The second kappa shape index (κ2) is 6.08. The fourth-order valence-corrected chi connectivity index (χ4v) is 2.52. The van der Waals surface area contributed by atoms with Crippen molar-refractivity contribution in [2.45, 2.75) is 18.7 Å². The molecular weight excluding hydrogens is 248 g/mol. The van der Waals surface area contributed by atoms with E-state index in [0.717, 1.165) is 5.75 Å². The third kappa shape index (κ3) is 3.66. The van der Waals surface area contributed by atoms with Crippen molar-refractivity contribution in [3.8, 4) is 0 Å². The Morgan fingerprint density at radius 3 is 2.88 bits per heavy atom. The fourth-order valence-electron chi connectivity index (χ4n) is 1.21. The lowest BCUT2D eigenvalue weighted by Crippen LogP contribution is -2.17. The monoisotopic (exact) mass is 260 g/mol. The predicted molar refractivity (Wildman–Crippen MR) is 67.9 cm³/mol. The Hall–Kier alpha value is -0.780. The van der Waals surface area contributed by atoms with Crippen molar-refractivity contribution in [3.63, 3.8) is 0 Å². The standard InChI is InChI=1S/C10H13ClN2O2S/c1-7(12)5-16-6-8-9(11)3-2-4-10(8)13(14)15/h2-4,7H,5-6,12H2,1H3. The Morgan fingerprint density at radius 1 is 1.62 bits per heavy atom. The first kappa shape index (κ1) is 13.3. The summed E-state index contributed by atoms with van der Waals surface area (Å²) in [6.07, 6.45) is 0. The van der Waals surface area contributed by atoms with Gasteiger partial charge in [0.15, 0.2) is 0 Å². The summed E-state index contributed by atoms with van der Waals surface area (Å²) in [5, 5.41) is 11.2. The zero-order chi connectivity index (χ0) is 12.1. The summed E-state index contributed by atoms with van der Waals surface area (Å²) in [6, 6.07) is 4.79. The van der Waals surface area contributed by atoms with Gasteiger partial charge in [-0.1, -0.05) is 17.7 Å². The number of rotatable bonds is 5. The minimum Gasteiger partial charge on any atom is -0.327 e. The third-order valence-corrected chi connectivity index (χ3v) is 3.53. The first-order valence-electron chi connectivity index (χ1n) is 4.77. The lowest BCUT2D eigenvalue weighted by molar-refractivity contribution is -0.385. The van der Waals surface area contributed by atoms with E-state index in [-0.39, 0.29) is 11.7 Å². The van der Waals surface area contributed by atoms with Crippen LogP contribution in [-0.4, -0.2) is 16.7 Å². The average Bonchev–Trinajstić information content (AvgIpc) is 2.19. The van der Waals surface area contributed by atoms with Crippen LogP contribution in [0, 0.1) is 10.1 Å². The smallest absolute Gasteiger partial charge is 0.274 e. The molecule has 0 aliphatic heterocycles. The molecule has 1 aromatic rings. The number of nitrogens with two attached hydrogens (primary N) is 1. The van der Waals surface area contributed by atoms with E-state index >= 15 is 0 Å². The van der Waals surface area contributed by atoms with Gasteiger partial charge in [-0.25, -0.2) is 0 Å². The van der Waals surface area contributed by atoms with E-state index in [4.69, 9.17) is 17.3 Å². The van der Waals surface area contributed by atoms with Gasteiger partial charge in [-0.05, 0) is 13.0 Å². The molecule has 88 valence electrons. The summed E-state index contributed by atoms with van der Waals surface area (Å²) in [4.78, 5) is 10.4. The largest absolute Gasteiger partial charge is 0.327 e. The van der Waals surface area contributed by atoms with Gasteiger partial charge in [-0.2, -0.15) is 11.8 Å². The zero-order valence-corrected chi connectivity index (χ0v) is 10.4. The summed E-state index contributed by atoms with van der Waals surface area (Å²) >= 11 is 7.49. The van der Waals surface area contributed by atoms with Crippen molar-refractivity contribution in [1.29, 1.82) is 0 Å². The van der Waals surface area contributed by atoms with Crippen LogP contribution in [0.1, 0.15) is 12.5 Å². The lowest BCUT2D eigenvalue weighted by atomic mass is 10.2. The van der Waals surface area contributed by atoms with Crippen molar-refractivity contribution in [2.75, 3.05) is 5.75 Å². The van der Waals surface area contributed by atoms with Gasteiger partial charge in [0.25, 0.3) is 5.69 Å². The number of benzene rings is 1. The van der Waals surface area contributed by atoms with Gasteiger partial charge in [0.2, 0.25) is 0 Å². The van der Waals surface area contributed by atoms with Crippen LogP contribution in [0.25, 0.3) is 0 Å². The molecule has 1 unspecified atom stereocenters. The van der Waals surface area contributed by atoms with Crippen LogP contribution in [-0.2, 0) is 5.75 Å². The number of nitro groups is 1. The zero-order valence-electron chi connectivity index (χ0n) is 8.85. The lowest BCUT2D eigenvalue weighted by Gasteiger charge is -2.07. The molecule has 0 bridgehead atoms. The van der Waals surface area contributed by atoms with E-state index < -0.39 is 4.92 Å². The van der Waals surface area contributed by atoms with Crippen LogP contribution in [0.2, 0.25) is 5.02 Å². The maximum Gasteiger partial charge on any atom is 0.274 e. The Morgan fingerprint density at radius 2 is 2.31 bits per heavy atom. The van der Waals surface area contributed by atoms with E-state index in [0.29, 0.717) is 16.3 Å². The predicted octanol–water partition coefficient (Wildman–Crippen LogP) is 2.83. The minimum atomic E-state index is -0.409. The number of nitro benzene ring substituents is 1. The van der Waals surface area contributed by atoms with Crippen molar-refractivity contribution in [1.82, 2.24) is 0 Å². The topological polar surface area (TPSA) is 69.2 Å². The van der Waals surface area contributed by atoms with Gasteiger partial charge in [0.1, 0.15) is 0 Å². The number of halogens is 1. The molecule has 1 atom stereocenters. The molecule has 2 N–H and O–H groups in total. The van der Waals surface area contributed by atoms with E-state index in [9.17, 15) is 10.1 Å². The quantitative estimate of drug-likeness (QED) is 0.653. The summed E-state index contributed by atoms with van der Waals surface area (Å²) in [5.74, 6) is 1.26. The molecule has 16 heavy (non-hydrogen) atoms. The second-order valence-electron chi connectivity index (χ2n) is 3.49.